The molecule has 1 aliphatic heterocycles. The zero-order valence-corrected chi connectivity index (χ0v) is 13.0. The van der Waals surface area contributed by atoms with E-state index in [1.807, 2.05) is 39.0 Å². The van der Waals surface area contributed by atoms with Crippen LogP contribution in [0.25, 0.3) is 0 Å². The molecule has 1 aromatic carbocycles. The minimum absolute atomic E-state index is 0.209. The summed E-state index contributed by atoms with van der Waals surface area (Å²) >= 11 is 0. The Balaban J connectivity index is 2.24. The van der Waals surface area contributed by atoms with E-state index in [0.29, 0.717) is 5.75 Å². The van der Waals surface area contributed by atoms with Crippen LogP contribution in [0.5, 0.6) is 5.75 Å². The van der Waals surface area contributed by atoms with Crippen molar-refractivity contribution >= 4 is 0 Å². The first-order valence-corrected chi connectivity index (χ1v) is 7.43. The summed E-state index contributed by atoms with van der Waals surface area (Å²) in [5.74, 6) is 0.764. The standard InChI is InChI=1S/C16H24O6/c1-8(2)10-5-4-9(3)6-11(10)21-16-15(20)14(19)13(18)12(7-17)22-16/h4-6,8,12-20H,7H2,1-3H3/t12-,13-,14+,15-,16?/m1/s1. The van der Waals surface area contributed by atoms with E-state index >= 15 is 0 Å². The number of hydrogen-bond acceptors (Lipinski definition) is 6. The molecule has 1 saturated heterocycles. The molecule has 1 aromatic rings. The van der Waals surface area contributed by atoms with Gasteiger partial charge >= 0.3 is 0 Å². The number of aryl methyl sites for hydroxylation is 1. The largest absolute Gasteiger partial charge is 0.462 e. The molecule has 0 aromatic heterocycles. The van der Waals surface area contributed by atoms with Crippen LogP contribution in [-0.4, -0.2) is 57.7 Å². The lowest BCUT2D eigenvalue weighted by Crippen LogP contribution is -2.60. The second-order valence-corrected chi connectivity index (χ2v) is 6.01. The van der Waals surface area contributed by atoms with Gasteiger partial charge in [0.2, 0.25) is 6.29 Å². The fourth-order valence-electron chi connectivity index (χ4n) is 2.51. The molecule has 1 heterocycles. The molecular weight excluding hydrogens is 288 g/mol. The number of aliphatic hydroxyl groups is 4. The van der Waals surface area contributed by atoms with E-state index < -0.39 is 37.3 Å². The average Bonchev–Trinajstić information content (AvgIpc) is 2.47. The van der Waals surface area contributed by atoms with Crippen molar-refractivity contribution in [2.45, 2.75) is 57.4 Å². The van der Waals surface area contributed by atoms with Crippen LogP contribution in [0.2, 0.25) is 0 Å². The Morgan fingerprint density at radius 3 is 2.41 bits per heavy atom. The molecule has 1 aliphatic rings. The Bertz CT molecular complexity index is 501. The van der Waals surface area contributed by atoms with Gasteiger partial charge in [-0.05, 0) is 30.0 Å². The molecule has 0 radical (unpaired) electrons. The van der Waals surface area contributed by atoms with Gasteiger partial charge in [0.05, 0.1) is 6.61 Å². The quantitative estimate of drug-likeness (QED) is 0.638. The molecule has 1 unspecified atom stereocenters. The van der Waals surface area contributed by atoms with Crippen molar-refractivity contribution in [3.63, 3.8) is 0 Å². The summed E-state index contributed by atoms with van der Waals surface area (Å²) in [6, 6.07) is 5.74. The fraction of sp³-hybridized carbons (Fsp3) is 0.625. The molecule has 5 atom stereocenters. The van der Waals surface area contributed by atoms with Gasteiger partial charge in [-0.3, -0.25) is 0 Å². The highest BCUT2D eigenvalue weighted by Gasteiger charge is 2.44. The predicted octanol–water partition coefficient (Wildman–Crippen LogP) is 0.297. The van der Waals surface area contributed by atoms with Gasteiger partial charge in [0.1, 0.15) is 30.2 Å². The Morgan fingerprint density at radius 2 is 1.82 bits per heavy atom. The first kappa shape index (κ1) is 17.2. The first-order chi connectivity index (χ1) is 10.3. The molecule has 1 fully saturated rings. The highest BCUT2D eigenvalue weighted by Crippen LogP contribution is 2.31. The third-order valence-corrected chi connectivity index (χ3v) is 3.88. The number of rotatable bonds is 4. The van der Waals surface area contributed by atoms with Gasteiger partial charge in [0.25, 0.3) is 0 Å². The lowest BCUT2D eigenvalue weighted by molar-refractivity contribution is -0.277. The highest BCUT2D eigenvalue weighted by atomic mass is 16.7. The minimum Gasteiger partial charge on any atom is -0.462 e. The summed E-state index contributed by atoms with van der Waals surface area (Å²) in [6.45, 7) is 5.48. The molecule has 0 bridgehead atoms. The fourth-order valence-corrected chi connectivity index (χ4v) is 2.51. The zero-order chi connectivity index (χ0) is 16.4. The van der Waals surface area contributed by atoms with Gasteiger partial charge in [-0.15, -0.1) is 0 Å². The van der Waals surface area contributed by atoms with Crippen molar-refractivity contribution in [2.24, 2.45) is 0 Å². The number of benzene rings is 1. The zero-order valence-electron chi connectivity index (χ0n) is 13.0. The number of ether oxygens (including phenoxy) is 2. The molecule has 22 heavy (non-hydrogen) atoms. The van der Waals surface area contributed by atoms with Crippen LogP contribution in [0.1, 0.15) is 30.9 Å². The summed E-state index contributed by atoms with van der Waals surface area (Å²) in [5.41, 5.74) is 1.94. The van der Waals surface area contributed by atoms with Gasteiger partial charge in [-0.25, -0.2) is 0 Å². The van der Waals surface area contributed by atoms with Gasteiger partial charge < -0.3 is 29.9 Å². The minimum atomic E-state index is -1.44. The molecular formula is C16H24O6. The van der Waals surface area contributed by atoms with Crippen molar-refractivity contribution in [2.75, 3.05) is 6.61 Å². The summed E-state index contributed by atoms with van der Waals surface area (Å²) in [7, 11) is 0. The third kappa shape index (κ3) is 3.42. The van der Waals surface area contributed by atoms with Gasteiger partial charge in [-0.2, -0.15) is 0 Å². The topological polar surface area (TPSA) is 99.4 Å². The van der Waals surface area contributed by atoms with Crippen LogP contribution >= 0.6 is 0 Å². The maximum atomic E-state index is 10.0. The highest BCUT2D eigenvalue weighted by molar-refractivity contribution is 5.39. The van der Waals surface area contributed by atoms with Crippen molar-refractivity contribution in [1.29, 1.82) is 0 Å². The van der Waals surface area contributed by atoms with Crippen molar-refractivity contribution in [1.82, 2.24) is 0 Å². The summed E-state index contributed by atoms with van der Waals surface area (Å²) in [4.78, 5) is 0. The van der Waals surface area contributed by atoms with E-state index in [0.717, 1.165) is 11.1 Å². The molecule has 0 saturated carbocycles. The molecule has 6 nitrogen and oxygen atoms in total. The monoisotopic (exact) mass is 312 g/mol. The van der Waals surface area contributed by atoms with Crippen molar-refractivity contribution in [3.8, 4) is 5.75 Å². The second kappa shape index (κ2) is 6.93. The van der Waals surface area contributed by atoms with Gasteiger partial charge in [0.15, 0.2) is 0 Å². The summed E-state index contributed by atoms with van der Waals surface area (Å²) in [6.07, 6.45) is -6.37. The van der Waals surface area contributed by atoms with E-state index in [-0.39, 0.29) is 5.92 Å². The lowest BCUT2D eigenvalue weighted by Gasteiger charge is -2.39. The Labute approximate surface area is 129 Å². The maximum Gasteiger partial charge on any atom is 0.229 e. The Hall–Kier alpha value is -1.18. The van der Waals surface area contributed by atoms with Crippen molar-refractivity contribution < 1.29 is 29.9 Å². The van der Waals surface area contributed by atoms with Gasteiger partial charge in [-0.1, -0.05) is 26.0 Å². The second-order valence-electron chi connectivity index (χ2n) is 6.01. The van der Waals surface area contributed by atoms with Crippen molar-refractivity contribution in [3.05, 3.63) is 29.3 Å². The van der Waals surface area contributed by atoms with E-state index in [1.54, 1.807) is 0 Å². The lowest BCUT2D eigenvalue weighted by atomic mass is 9.98. The number of hydrogen-bond donors (Lipinski definition) is 4. The third-order valence-electron chi connectivity index (χ3n) is 3.88. The normalized spacial score (nSPS) is 32.3. The maximum absolute atomic E-state index is 10.0. The van der Waals surface area contributed by atoms with Crippen LogP contribution in [0, 0.1) is 6.92 Å². The van der Waals surface area contributed by atoms with E-state index in [9.17, 15) is 20.4 Å². The number of aliphatic hydroxyl groups excluding tert-OH is 4. The van der Waals surface area contributed by atoms with Crippen LogP contribution in [0.3, 0.4) is 0 Å². The predicted molar refractivity (Wildman–Crippen MR) is 79.7 cm³/mol. The Kier molecular flexibility index (Phi) is 5.41. The molecule has 2 rings (SSSR count). The first-order valence-electron chi connectivity index (χ1n) is 7.43. The molecule has 0 spiro atoms. The Morgan fingerprint density at radius 1 is 1.14 bits per heavy atom. The van der Waals surface area contributed by atoms with Crippen LogP contribution in [-0.2, 0) is 4.74 Å². The van der Waals surface area contributed by atoms with E-state index in [4.69, 9.17) is 9.47 Å². The van der Waals surface area contributed by atoms with Crippen LogP contribution < -0.4 is 4.74 Å². The van der Waals surface area contributed by atoms with Gasteiger partial charge in [0, 0.05) is 0 Å². The van der Waals surface area contributed by atoms with Crippen LogP contribution in [0.15, 0.2) is 18.2 Å². The molecule has 4 N–H and O–H groups in total. The average molecular weight is 312 g/mol. The summed E-state index contributed by atoms with van der Waals surface area (Å²) < 4.78 is 11.1. The molecule has 6 heteroatoms. The van der Waals surface area contributed by atoms with E-state index in [1.165, 1.54) is 0 Å². The van der Waals surface area contributed by atoms with Crippen LogP contribution in [0.4, 0.5) is 0 Å². The SMILES string of the molecule is Cc1ccc(C(C)C)c(OC2O[C@H](CO)[C@@H](O)[C@H](O)[C@H]2O)c1. The smallest absolute Gasteiger partial charge is 0.229 e. The molecule has 0 amide bonds. The molecule has 0 aliphatic carbocycles. The summed E-state index contributed by atoms with van der Waals surface area (Å²) in [5, 5.41) is 38.8. The van der Waals surface area contributed by atoms with E-state index in [2.05, 4.69) is 0 Å². The molecule has 124 valence electrons.